The van der Waals surface area contributed by atoms with Crippen molar-refractivity contribution < 1.29 is 36.2 Å². The summed E-state index contributed by atoms with van der Waals surface area (Å²) in [7, 11) is -3.13. The number of sulfonamides is 1. The molecule has 2 fully saturated rings. The van der Waals surface area contributed by atoms with Crippen molar-refractivity contribution in [3.63, 3.8) is 0 Å². The molecular formula is C16H22F3N3O5S. The molecular weight excluding hydrogens is 403 g/mol. The first kappa shape index (κ1) is 22.4. The van der Waals surface area contributed by atoms with Crippen LogP contribution in [0.2, 0.25) is 0 Å². The van der Waals surface area contributed by atoms with Gasteiger partial charge < -0.3 is 15.2 Å². The van der Waals surface area contributed by atoms with Crippen molar-refractivity contribution in [2.24, 2.45) is 11.3 Å². The second-order valence-corrected chi connectivity index (χ2v) is 8.90. The van der Waals surface area contributed by atoms with E-state index in [9.17, 15) is 21.6 Å². The SMILES string of the molecule is CCS(=O)(=O)N1C[C@@H]2COC[C@]2(CNc2ccccn2)C1.O=C(O)C(F)(F)F. The Kier molecular flexibility index (Phi) is 6.88. The molecule has 1 aromatic rings. The van der Waals surface area contributed by atoms with Crippen molar-refractivity contribution in [3.8, 4) is 0 Å². The van der Waals surface area contributed by atoms with Crippen molar-refractivity contribution in [1.82, 2.24) is 9.29 Å². The van der Waals surface area contributed by atoms with E-state index in [1.165, 1.54) is 0 Å². The van der Waals surface area contributed by atoms with Gasteiger partial charge in [-0.2, -0.15) is 13.2 Å². The average Bonchev–Trinajstić information content (AvgIpc) is 3.18. The van der Waals surface area contributed by atoms with E-state index in [1.54, 1.807) is 17.4 Å². The van der Waals surface area contributed by atoms with Crippen LogP contribution in [0.15, 0.2) is 24.4 Å². The molecule has 2 aliphatic rings. The molecule has 0 aliphatic carbocycles. The fourth-order valence-corrected chi connectivity index (χ4v) is 4.39. The first-order valence-electron chi connectivity index (χ1n) is 8.51. The number of carbonyl (C=O) groups is 1. The zero-order valence-electron chi connectivity index (χ0n) is 15.1. The van der Waals surface area contributed by atoms with E-state index in [-0.39, 0.29) is 17.1 Å². The molecule has 12 heteroatoms. The Morgan fingerprint density at radius 2 is 2.14 bits per heavy atom. The van der Waals surface area contributed by atoms with Gasteiger partial charge in [-0.15, -0.1) is 0 Å². The van der Waals surface area contributed by atoms with E-state index in [4.69, 9.17) is 14.6 Å². The monoisotopic (exact) mass is 425 g/mol. The smallest absolute Gasteiger partial charge is 0.475 e. The summed E-state index contributed by atoms with van der Waals surface area (Å²) >= 11 is 0. The Morgan fingerprint density at radius 1 is 1.46 bits per heavy atom. The fourth-order valence-electron chi connectivity index (χ4n) is 3.16. The van der Waals surface area contributed by atoms with Crippen molar-refractivity contribution in [2.75, 3.05) is 43.9 Å². The van der Waals surface area contributed by atoms with Gasteiger partial charge in [0.1, 0.15) is 5.82 Å². The molecule has 2 N–H and O–H groups in total. The Labute approximate surface area is 160 Å². The summed E-state index contributed by atoms with van der Waals surface area (Å²) in [6, 6.07) is 5.71. The summed E-state index contributed by atoms with van der Waals surface area (Å²) in [6.07, 6.45) is -3.34. The van der Waals surface area contributed by atoms with E-state index in [2.05, 4.69) is 10.3 Å². The molecule has 0 amide bonds. The lowest BCUT2D eigenvalue weighted by Gasteiger charge is -2.27. The number of carboxylic acid groups (broad SMARTS) is 1. The van der Waals surface area contributed by atoms with Gasteiger partial charge in [-0.05, 0) is 19.1 Å². The lowest BCUT2D eigenvalue weighted by molar-refractivity contribution is -0.192. The molecule has 0 bridgehead atoms. The first-order valence-corrected chi connectivity index (χ1v) is 10.1. The van der Waals surface area contributed by atoms with Gasteiger partial charge in [0.25, 0.3) is 0 Å². The number of rotatable bonds is 5. The van der Waals surface area contributed by atoms with E-state index in [0.29, 0.717) is 32.8 Å². The summed E-state index contributed by atoms with van der Waals surface area (Å²) in [4.78, 5) is 13.1. The molecule has 0 radical (unpaired) electrons. The minimum absolute atomic E-state index is 0.139. The third-order valence-corrected chi connectivity index (χ3v) is 6.57. The Balaban J connectivity index is 0.000000345. The van der Waals surface area contributed by atoms with Gasteiger partial charge in [0.2, 0.25) is 10.0 Å². The van der Waals surface area contributed by atoms with E-state index in [1.807, 2.05) is 18.2 Å². The first-order chi connectivity index (χ1) is 13.0. The maximum absolute atomic E-state index is 12.1. The van der Waals surface area contributed by atoms with Crippen LogP contribution in [0.25, 0.3) is 0 Å². The topological polar surface area (TPSA) is 109 Å². The van der Waals surface area contributed by atoms with E-state index < -0.39 is 22.2 Å². The predicted molar refractivity (Wildman–Crippen MR) is 94.2 cm³/mol. The molecule has 158 valence electrons. The normalized spacial score (nSPS) is 24.9. The molecule has 1 aromatic heterocycles. The molecule has 8 nitrogen and oxygen atoms in total. The van der Waals surface area contributed by atoms with Crippen LogP contribution in [0.5, 0.6) is 0 Å². The van der Waals surface area contributed by atoms with Gasteiger partial charge in [-0.25, -0.2) is 22.5 Å². The quantitative estimate of drug-likeness (QED) is 0.735. The van der Waals surface area contributed by atoms with Gasteiger partial charge in [0.15, 0.2) is 0 Å². The molecule has 3 rings (SSSR count). The second kappa shape index (κ2) is 8.62. The lowest BCUT2D eigenvalue weighted by atomic mass is 9.81. The number of nitrogens with zero attached hydrogens (tertiary/aromatic N) is 2. The highest BCUT2D eigenvalue weighted by molar-refractivity contribution is 7.89. The van der Waals surface area contributed by atoms with Gasteiger partial charge in [0.05, 0.1) is 19.0 Å². The molecule has 0 spiro atoms. The average molecular weight is 425 g/mol. The molecule has 2 atom stereocenters. The van der Waals surface area contributed by atoms with Gasteiger partial charge >= 0.3 is 12.1 Å². The van der Waals surface area contributed by atoms with Crippen molar-refractivity contribution in [3.05, 3.63) is 24.4 Å². The summed E-state index contributed by atoms with van der Waals surface area (Å²) in [5.74, 6) is -1.53. The lowest BCUT2D eigenvalue weighted by Crippen LogP contribution is -2.39. The molecule has 3 heterocycles. The molecule has 2 aliphatic heterocycles. The van der Waals surface area contributed by atoms with Crippen molar-refractivity contribution >= 4 is 21.8 Å². The van der Waals surface area contributed by atoms with Crippen LogP contribution in [0.1, 0.15) is 6.92 Å². The number of aromatic nitrogens is 1. The highest BCUT2D eigenvalue weighted by Crippen LogP contribution is 2.42. The molecule has 0 aromatic carbocycles. The minimum Gasteiger partial charge on any atom is -0.475 e. The number of alkyl halides is 3. The van der Waals surface area contributed by atoms with Crippen LogP contribution in [-0.4, -0.2) is 73.6 Å². The van der Waals surface area contributed by atoms with Crippen molar-refractivity contribution in [1.29, 1.82) is 0 Å². The number of pyridine rings is 1. The third kappa shape index (κ3) is 5.32. The molecule has 0 unspecified atom stereocenters. The Hall–Kier alpha value is -1.92. The summed E-state index contributed by atoms with van der Waals surface area (Å²) in [5.41, 5.74) is -0.139. The number of hydrogen-bond donors (Lipinski definition) is 2. The van der Waals surface area contributed by atoms with E-state index >= 15 is 0 Å². The summed E-state index contributed by atoms with van der Waals surface area (Å²) in [5, 5.41) is 10.5. The van der Waals surface area contributed by atoms with Crippen molar-refractivity contribution in [2.45, 2.75) is 13.1 Å². The highest BCUT2D eigenvalue weighted by Gasteiger charge is 2.52. The van der Waals surface area contributed by atoms with Crippen LogP contribution in [0, 0.1) is 11.3 Å². The predicted octanol–water partition coefficient (Wildman–Crippen LogP) is 1.42. The zero-order valence-corrected chi connectivity index (χ0v) is 16.0. The van der Waals surface area contributed by atoms with Crippen LogP contribution >= 0.6 is 0 Å². The highest BCUT2D eigenvalue weighted by atomic mass is 32.2. The fraction of sp³-hybridized carbons (Fsp3) is 0.625. The largest absolute Gasteiger partial charge is 0.490 e. The minimum atomic E-state index is -5.08. The number of fused-ring (bicyclic) bond motifs is 1. The van der Waals surface area contributed by atoms with Crippen LogP contribution in [0.3, 0.4) is 0 Å². The molecule has 2 saturated heterocycles. The number of hydrogen-bond acceptors (Lipinski definition) is 6. The Bertz CT molecular complexity index is 775. The number of anilines is 1. The maximum Gasteiger partial charge on any atom is 0.490 e. The Morgan fingerprint density at radius 3 is 2.68 bits per heavy atom. The van der Waals surface area contributed by atoms with Crippen LogP contribution in [0.4, 0.5) is 19.0 Å². The number of aliphatic carboxylic acids is 1. The third-order valence-electron chi connectivity index (χ3n) is 4.78. The van der Waals surface area contributed by atoms with Crippen LogP contribution in [-0.2, 0) is 19.6 Å². The number of ether oxygens (including phenoxy) is 1. The zero-order chi connectivity index (χ0) is 21.0. The number of halogens is 3. The second-order valence-electron chi connectivity index (χ2n) is 6.64. The van der Waals surface area contributed by atoms with E-state index in [0.717, 1.165) is 5.82 Å². The standard InChI is InChI=1S/C14H21N3O3S.C2HF3O2/c1-2-21(18,19)17-7-12-8-20-11-14(12,10-17)9-16-13-5-3-4-6-15-13;3-2(4,5)1(6)7/h3-6,12H,2,7-11H2,1H3,(H,15,16);(H,6,7)/t12-,14+;/m1./s1. The summed E-state index contributed by atoms with van der Waals surface area (Å²) < 4.78 is 63.2. The summed E-state index contributed by atoms with van der Waals surface area (Å²) in [6.45, 7) is 4.73. The van der Waals surface area contributed by atoms with Gasteiger partial charge in [-0.3, -0.25) is 0 Å². The maximum atomic E-state index is 12.1. The number of nitrogens with one attached hydrogen (secondary N) is 1. The van der Waals surface area contributed by atoms with Crippen LogP contribution < -0.4 is 5.32 Å². The molecule has 0 saturated carbocycles. The van der Waals surface area contributed by atoms with Gasteiger partial charge in [-0.1, -0.05) is 6.07 Å². The van der Waals surface area contributed by atoms with Gasteiger partial charge in [0, 0.05) is 37.2 Å². The number of carboxylic acids is 1. The molecule has 28 heavy (non-hydrogen) atoms.